The van der Waals surface area contributed by atoms with Gasteiger partial charge in [0.05, 0.1) is 37.2 Å². The van der Waals surface area contributed by atoms with E-state index in [1.54, 1.807) is 0 Å². The zero-order valence-corrected chi connectivity index (χ0v) is 18.0. The number of benzene rings is 2. The van der Waals surface area contributed by atoms with E-state index >= 15 is 0 Å². The second-order valence-corrected chi connectivity index (χ2v) is 8.93. The van der Waals surface area contributed by atoms with E-state index in [0.717, 1.165) is 44.0 Å². The predicted molar refractivity (Wildman–Crippen MR) is 119 cm³/mol. The minimum absolute atomic E-state index is 0.0735. The topological polar surface area (TPSA) is 53.9 Å². The number of hydrogen-bond acceptors (Lipinski definition) is 3. The van der Waals surface area contributed by atoms with Crippen LogP contribution in [0.25, 0.3) is 0 Å². The van der Waals surface area contributed by atoms with Gasteiger partial charge in [-0.25, -0.2) is 0 Å². The van der Waals surface area contributed by atoms with E-state index < -0.39 is 0 Å². The number of quaternary nitrogens is 1. The fraction of sp³-hybridized carbons (Fsp3) is 0.391. The molecule has 1 fully saturated rings. The molecule has 0 unspecified atom stereocenters. The van der Waals surface area contributed by atoms with Crippen LogP contribution in [0.2, 0.25) is 0 Å². The number of hydrogen-bond donors (Lipinski definition) is 2. The molecule has 1 aliphatic heterocycles. The number of piperazine rings is 1. The number of thioether (sulfide) groups is 1. The second kappa shape index (κ2) is 10.5. The fourth-order valence-corrected chi connectivity index (χ4v) is 4.23. The van der Waals surface area contributed by atoms with E-state index in [1.165, 1.54) is 22.2 Å². The Morgan fingerprint density at radius 2 is 1.72 bits per heavy atom. The molecule has 2 aromatic carbocycles. The lowest BCUT2D eigenvalue weighted by molar-refractivity contribution is -0.917. The predicted octanol–water partition coefficient (Wildman–Crippen LogP) is 1.98. The monoisotopic (exact) mass is 412 g/mol. The lowest BCUT2D eigenvalue weighted by Gasteiger charge is -2.33. The van der Waals surface area contributed by atoms with Gasteiger partial charge >= 0.3 is 0 Å². The SMILES string of the molecule is Cc1ccc(NC(=O)CS[C@H](C)C(=O)N2CC[NH+](Cc3ccccc3)CC2)cc1. The van der Waals surface area contributed by atoms with Crippen LogP contribution in [0.5, 0.6) is 0 Å². The molecule has 3 rings (SSSR count). The maximum Gasteiger partial charge on any atom is 0.235 e. The molecule has 5 nitrogen and oxygen atoms in total. The molecule has 2 aromatic rings. The summed E-state index contributed by atoms with van der Waals surface area (Å²) in [5, 5.41) is 2.67. The van der Waals surface area contributed by atoms with Crippen LogP contribution in [-0.4, -0.2) is 53.9 Å². The number of rotatable bonds is 7. The summed E-state index contributed by atoms with van der Waals surface area (Å²) in [6, 6.07) is 18.2. The molecule has 2 amide bonds. The van der Waals surface area contributed by atoms with Gasteiger partial charge in [0, 0.05) is 11.3 Å². The number of nitrogens with zero attached hydrogens (tertiary/aromatic N) is 1. The first-order valence-corrected chi connectivity index (χ1v) is 11.2. The summed E-state index contributed by atoms with van der Waals surface area (Å²) < 4.78 is 0. The van der Waals surface area contributed by atoms with E-state index in [9.17, 15) is 9.59 Å². The largest absolute Gasteiger partial charge is 0.330 e. The lowest BCUT2D eigenvalue weighted by atomic mass is 10.2. The second-order valence-electron chi connectivity index (χ2n) is 7.61. The van der Waals surface area contributed by atoms with E-state index in [4.69, 9.17) is 0 Å². The Hall–Kier alpha value is -2.31. The van der Waals surface area contributed by atoms with Crippen molar-refractivity contribution in [3.63, 3.8) is 0 Å². The summed E-state index contributed by atoms with van der Waals surface area (Å²) >= 11 is 1.40. The van der Waals surface area contributed by atoms with E-state index in [1.807, 2.05) is 49.1 Å². The molecule has 29 heavy (non-hydrogen) atoms. The fourth-order valence-electron chi connectivity index (χ4n) is 3.47. The van der Waals surface area contributed by atoms with Gasteiger partial charge in [0.15, 0.2) is 0 Å². The van der Waals surface area contributed by atoms with E-state index in [-0.39, 0.29) is 22.8 Å². The van der Waals surface area contributed by atoms with Crippen molar-refractivity contribution >= 4 is 29.3 Å². The summed E-state index contributed by atoms with van der Waals surface area (Å²) in [6.45, 7) is 8.40. The zero-order chi connectivity index (χ0) is 20.6. The first kappa shape index (κ1) is 21.4. The third kappa shape index (κ3) is 6.61. The minimum atomic E-state index is -0.213. The van der Waals surface area contributed by atoms with Gasteiger partial charge in [0.25, 0.3) is 0 Å². The standard InChI is InChI=1S/C23H29N3O2S/c1-18-8-10-21(11-9-18)24-22(27)17-29-19(2)23(28)26-14-12-25(13-15-26)16-20-6-4-3-5-7-20/h3-11,19H,12-17H2,1-2H3,(H,24,27)/p+1/t19-/m1/s1. The molecule has 6 heteroatoms. The van der Waals surface area contributed by atoms with Crippen molar-refractivity contribution in [2.24, 2.45) is 0 Å². The molecule has 0 aliphatic carbocycles. The van der Waals surface area contributed by atoms with Crippen LogP contribution in [0.15, 0.2) is 54.6 Å². The Morgan fingerprint density at radius 3 is 2.38 bits per heavy atom. The van der Waals surface area contributed by atoms with Gasteiger partial charge in [-0.15, -0.1) is 11.8 Å². The van der Waals surface area contributed by atoms with Crippen molar-refractivity contribution in [3.8, 4) is 0 Å². The summed E-state index contributed by atoms with van der Waals surface area (Å²) in [4.78, 5) is 28.4. The highest BCUT2D eigenvalue weighted by molar-refractivity contribution is 8.01. The molecule has 0 bridgehead atoms. The number of anilines is 1. The molecule has 1 aliphatic rings. The molecule has 0 aromatic heterocycles. The summed E-state index contributed by atoms with van der Waals surface area (Å²) in [5.41, 5.74) is 3.28. The molecule has 1 atom stereocenters. The third-order valence-corrected chi connectivity index (χ3v) is 6.36. The van der Waals surface area contributed by atoms with E-state index in [0.29, 0.717) is 0 Å². The summed E-state index contributed by atoms with van der Waals surface area (Å²) in [7, 11) is 0. The summed E-state index contributed by atoms with van der Waals surface area (Å²) in [5.74, 6) is 0.340. The Labute approximate surface area is 177 Å². The Bertz CT molecular complexity index is 803. The number of carbonyl (C=O) groups is 2. The third-order valence-electron chi connectivity index (χ3n) is 5.23. The molecule has 0 radical (unpaired) electrons. The minimum Gasteiger partial charge on any atom is -0.330 e. The number of amides is 2. The van der Waals surface area contributed by atoms with Crippen LogP contribution in [-0.2, 0) is 16.1 Å². The molecule has 154 valence electrons. The van der Waals surface area contributed by atoms with Gasteiger partial charge in [-0.3, -0.25) is 9.59 Å². The summed E-state index contributed by atoms with van der Waals surface area (Å²) in [6.07, 6.45) is 0. The van der Waals surface area contributed by atoms with Crippen molar-refractivity contribution in [1.29, 1.82) is 0 Å². The molecule has 0 saturated carbocycles. The van der Waals surface area contributed by atoms with Crippen LogP contribution in [0, 0.1) is 6.92 Å². The number of carbonyl (C=O) groups excluding carboxylic acids is 2. The Kier molecular flexibility index (Phi) is 7.72. The van der Waals surface area contributed by atoms with Crippen LogP contribution < -0.4 is 10.2 Å². The zero-order valence-electron chi connectivity index (χ0n) is 17.2. The first-order valence-electron chi connectivity index (χ1n) is 10.2. The molecule has 1 heterocycles. The maximum absolute atomic E-state index is 12.7. The van der Waals surface area contributed by atoms with Crippen molar-refractivity contribution < 1.29 is 14.5 Å². The Morgan fingerprint density at radius 1 is 1.07 bits per heavy atom. The van der Waals surface area contributed by atoms with Gasteiger partial charge in [-0.05, 0) is 26.0 Å². The normalized spacial score (nSPS) is 15.7. The molecule has 2 N–H and O–H groups in total. The molecular weight excluding hydrogens is 382 g/mol. The van der Waals surface area contributed by atoms with Crippen LogP contribution in [0.3, 0.4) is 0 Å². The van der Waals surface area contributed by atoms with Gasteiger partial charge in [-0.1, -0.05) is 48.0 Å². The average molecular weight is 413 g/mol. The van der Waals surface area contributed by atoms with Crippen LogP contribution in [0.1, 0.15) is 18.1 Å². The maximum atomic E-state index is 12.7. The van der Waals surface area contributed by atoms with Crippen molar-refractivity contribution in [2.45, 2.75) is 25.6 Å². The van der Waals surface area contributed by atoms with Gasteiger partial charge in [-0.2, -0.15) is 0 Å². The van der Waals surface area contributed by atoms with Gasteiger partial charge in [0.2, 0.25) is 11.8 Å². The average Bonchev–Trinajstić information content (AvgIpc) is 2.74. The Balaban J connectivity index is 1.38. The lowest BCUT2D eigenvalue weighted by Crippen LogP contribution is -3.13. The van der Waals surface area contributed by atoms with Crippen molar-refractivity contribution in [2.75, 3.05) is 37.2 Å². The number of aryl methyl sites for hydroxylation is 1. The van der Waals surface area contributed by atoms with Gasteiger partial charge in [0.1, 0.15) is 6.54 Å². The highest BCUT2D eigenvalue weighted by Crippen LogP contribution is 2.15. The molecule has 1 saturated heterocycles. The van der Waals surface area contributed by atoms with Crippen molar-refractivity contribution in [1.82, 2.24) is 4.90 Å². The van der Waals surface area contributed by atoms with Gasteiger partial charge < -0.3 is 15.1 Å². The molecule has 0 spiro atoms. The smallest absolute Gasteiger partial charge is 0.235 e. The van der Waals surface area contributed by atoms with E-state index in [2.05, 4.69) is 29.6 Å². The van der Waals surface area contributed by atoms with Crippen molar-refractivity contribution in [3.05, 3.63) is 65.7 Å². The van der Waals surface area contributed by atoms with Crippen LogP contribution >= 0.6 is 11.8 Å². The quantitative estimate of drug-likeness (QED) is 0.731. The highest BCUT2D eigenvalue weighted by atomic mass is 32.2. The number of nitrogens with one attached hydrogen (secondary N) is 2. The first-order chi connectivity index (χ1) is 14.0. The highest BCUT2D eigenvalue weighted by Gasteiger charge is 2.27. The van der Waals surface area contributed by atoms with Crippen LogP contribution in [0.4, 0.5) is 5.69 Å². The molecular formula is C23H30N3O2S+.